The summed E-state index contributed by atoms with van der Waals surface area (Å²) in [7, 11) is 0. The highest BCUT2D eigenvalue weighted by Crippen LogP contribution is 2.19. The number of anilines is 1. The average Bonchev–Trinajstić information content (AvgIpc) is 2.89. The highest BCUT2D eigenvalue weighted by molar-refractivity contribution is 7.09. The number of alkyl halides is 1. The minimum Gasteiger partial charge on any atom is -0.348 e. The Balaban J connectivity index is 2.18. The molecule has 0 N–H and O–H groups in total. The van der Waals surface area contributed by atoms with E-state index in [4.69, 9.17) is 11.6 Å². The van der Waals surface area contributed by atoms with Crippen LogP contribution in [0.15, 0.2) is 29.9 Å². The topological polar surface area (TPSA) is 29.0 Å². The van der Waals surface area contributed by atoms with Crippen molar-refractivity contribution >= 4 is 28.8 Å². The van der Waals surface area contributed by atoms with E-state index in [1.165, 1.54) is 4.88 Å². The van der Waals surface area contributed by atoms with E-state index in [0.717, 1.165) is 18.1 Å². The molecule has 0 fully saturated rings. The van der Waals surface area contributed by atoms with Crippen LogP contribution in [0.4, 0.5) is 5.82 Å². The fourth-order valence-corrected chi connectivity index (χ4v) is 2.50. The lowest BCUT2D eigenvalue weighted by Gasteiger charge is -2.27. The standard InChI is InChI=1S/C13H16ClN3S/c1-10(2)17(9-12-4-3-5-18-12)13-8-15-11(6-14)7-16-13/h3-5,7-8,10H,6,9H2,1-2H3. The molecule has 0 unspecified atom stereocenters. The van der Waals surface area contributed by atoms with E-state index in [1.54, 1.807) is 23.7 Å². The molecule has 0 amide bonds. The van der Waals surface area contributed by atoms with Crippen LogP contribution < -0.4 is 4.90 Å². The second-order valence-corrected chi connectivity index (χ2v) is 5.60. The Morgan fingerprint density at radius 3 is 2.67 bits per heavy atom. The summed E-state index contributed by atoms with van der Waals surface area (Å²) in [5.74, 6) is 1.30. The van der Waals surface area contributed by atoms with Crippen molar-refractivity contribution in [1.29, 1.82) is 0 Å². The third kappa shape index (κ3) is 3.21. The molecule has 0 aliphatic heterocycles. The lowest BCUT2D eigenvalue weighted by atomic mass is 10.3. The van der Waals surface area contributed by atoms with Crippen LogP contribution in [0.5, 0.6) is 0 Å². The van der Waals surface area contributed by atoms with Gasteiger partial charge in [-0.25, -0.2) is 4.98 Å². The van der Waals surface area contributed by atoms with Gasteiger partial charge in [-0.05, 0) is 25.3 Å². The normalized spacial score (nSPS) is 10.9. The van der Waals surface area contributed by atoms with Crippen LogP contribution in [-0.4, -0.2) is 16.0 Å². The SMILES string of the molecule is CC(C)N(Cc1cccs1)c1cnc(CCl)cn1. The molecule has 2 aromatic rings. The minimum absolute atomic E-state index is 0.378. The molecule has 0 saturated carbocycles. The zero-order chi connectivity index (χ0) is 13.0. The lowest BCUT2D eigenvalue weighted by Crippen LogP contribution is -2.30. The Morgan fingerprint density at radius 2 is 2.17 bits per heavy atom. The quantitative estimate of drug-likeness (QED) is 0.783. The van der Waals surface area contributed by atoms with Gasteiger partial charge in [0.1, 0.15) is 5.82 Å². The summed E-state index contributed by atoms with van der Waals surface area (Å²) in [4.78, 5) is 12.3. The smallest absolute Gasteiger partial charge is 0.147 e. The highest BCUT2D eigenvalue weighted by Gasteiger charge is 2.13. The molecule has 5 heteroatoms. The van der Waals surface area contributed by atoms with Crippen LogP contribution in [0.3, 0.4) is 0 Å². The first-order chi connectivity index (χ1) is 8.70. The summed E-state index contributed by atoms with van der Waals surface area (Å²) in [6, 6.07) is 4.59. The van der Waals surface area contributed by atoms with Crippen molar-refractivity contribution in [3.05, 3.63) is 40.5 Å². The number of hydrogen-bond donors (Lipinski definition) is 0. The van der Waals surface area contributed by atoms with E-state index < -0.39 is 0 Å². The maximum atomic E-state index is 5.72. The molecule has 96 valence electrons. The van der Waals surface area contributed by atoms with Gasteiger partial charge in [0.15, 0.2) is 0 Å². The maximum absolute atomic E-state index is 5.72. The van der Waals surface area contributed by atoms with Crippen LogP contribution in [0, 0.1) is 0 Å². The molecule has 0 bridgehead atoms. The van der Waals surface area contributed by atoms with E-state index >= 15 is 0 Å². The molecule has 2 aromatic heterocycles. The fraction of sp³-hybridized carbons (Fsp3) is 0.385. The molecule has 2 heterocycles. The molecule has 18 heavy (non-hydrogen) atoms. The summed E-state index contributed by atoms with van der Waals surface area (Å²) in [5.41, 5.74) is 0.806. The largest absolute Gasteiger partial charge is 0.348 e. The van der Waals surface area contributed by atoms with Crippen molar-refractivity contribution in [2.75, 3.05) is 4.90 Å². The predicted octanol–water partition coefficient (Wildman–Crippen LogP) is 3.69. The monoisotopic (exact) mass is 281 g/mol. The number of aromatic nitrogens is 2. The minimum atomic E-state index is 0.378. The van der Waals surface area contributed by atoms with Crippen LogP contribution in [-0.2, 0) is 12.4 Å². The molecule has 0 aliphatic rings. The first-order valence-electron chi connectivity index (χ1n) is 5.86. The fourth-order valence-electron chi connectivity index (χ4n) is 1.66. The van der Waals surface area contributed by atoms with Crippen LogP contribution >= 0.6 is 22.9 Å². The maximum Gasteiger partial charge on any atom is 0.147 e. The summed E-state index contributed by atoms with van der Waals surface area (Å²) in [6.45, 7) is 5.18. The molecular weight excluding hydrogens is 266 g/mol. The van der Waals surface area contributed by atoms with Gasteiger partial charge in [-0.15, -0.1) is 22.9 Å². The Morgan fingerprint density at radius 1 is 1.33 bits per heavy atom. The van der Waals surface area contributed by atoms with Gasteiger partial charge in [-0.2, -0.15) is 0 Å². The van der Waals surface area contributed by atoms with E-state index in [9.17, 15) is 0 Å². The zero-order valence-corrected chi connectivity index (χ0v) is 12.1. The third-order valence-electron chi connectivity index (χ3n) is 2.65. The lowest BCUT2D eigenvalue weighted by molar-refractivity contribution is 0.674. The van der Waals surface area contributed by atoms with Crippen LogP contribution in [0.1, 0.15) is 24.4 Å². The second-order valence-electron chi connectivity index (χ2n) is 4.30. The molecule has 3 nitrogen and oxygen atoms in total. The van der Waals surface area contributed by atoms with Gasteiger partial charge >= 0.3 is 0 Å². The van der Waals surface area contributed by atoms with Crippen LogP contribution in [0.25, 0.3) is 0 Å². The van der Waals surface area contributed by atoms with Gasteiger partial charge in [-0.3, -0.25) is 4.98 Å². The first-order valence-corrected chi connectivity index (χ1v) is 7.28. The molecule has 0 atom stereocenters. The van der Waals surface area contributed by atoms with Gasteiger partial charge in [0.2, 0.25) is 0 Å². The Kier molecular flexibility index (Phi) is 4.55. The molecule has 0 saturated heterocycles. The Bertz CT molecular complexity index is 467. The number of rotatable bonds is 5. The number of nitrogens with zero attached hydrogens (tertiary/aromatic N) is 3. The molecule has 0 aromatic carbocycles. The first kappa shape index (κ1) is 13.3. The number of thiophene rings is 1. The summed E-state index contributed by atoms with van der Waals surface area (Å²) in [6.07, 6.45) is 3.54. The van der Waals surface area contributed by atoms with Crippen molar-refractivity contribution in [2.45, 2.75) is 32.3 Å². The van der Waals surface area contributed by atoms with Crippen molar-refractivity contribution in [1.82, 2.24) is 9.97 Å². The van der Waals surface area contributed by atoms with E-state index in [0.29, 0.717) is 11.9 Å². The van der Waals surface area contributed by atoms with Crippen molar-refractivity contribution in [3.8, 4) is 0 Å². The summed E-state index contributed by atoms with van der Waals surface area (Å²) >= 11 is 7.48. The van der Waals surface area contributed by atoms with Crippen molar-refractivity contribution < 1.29 is 0 Å². The molecule has 0 spiro atoms. The van der Waals surface area contributed by atoms with Gasteiger partial charge < -0.3 is 4.90 Å². The highest BCUT2D eigenvalue weighted by atomic mass is 35.5. The number of halogens is 1. The van der Waals surface area contributed by atoms with Gasteiger partial charge in [0.25, 0.3) is 0 Å². The Labute approximate surface area is 116 Å². The van der Waals surface area contributed by atoms with Gasteiger partial charge in [0.05, 0.1) is 30.5 Å². The van der Waals surface area contributed by atoms with E-state index in [2.05, 4.69) is 46.2 Å². The second kappa shape index (κ2) is 6.16. The van der Waals surface area contributed by atoms with E-state index in [-0.39, 0.29) is 0 Å². The van der Waals surface area contributed by atoms with Crippen molar-refractivity contribution in [2.24, 2.45) is 0 Å². The third-order valence-corrected chi connectivity index (χ3v) is 3.79. The van der Waals surface area contributed by atoms with Crippen LogP contribution in [0.2, 0.25) is 0 Å². The van der Waals surface area contributed by atoms with E-state index in [1.807, 2.05) is 0 Å². The zero-order valence-electron chi connectivity index (χ0n) is 10.5. The summed E-state index contributed by atoms with van der Waals surface area (Å²) < 4.78 is 0. The predicted molar refractivity (Wildman–Crippen MR) is 77.2 cm³/mol. The Hall–Kier alpha value is -1.13. The molecule has 2 rings (SSSR count). The van der Waals surface area contributed by atoms with Gasteiger partial charge in [0, 0.05) is 10.9 Å². The number of hydrogen-bond acceptors (Lipinski definition) is 4. The molecular formula is C13H16ClN3S. The summed E-state index contributed by atoms with van der Waals surface area (Å²) in [5, 5.41) is 2.09. The average molecular weight is 282 g/mol. The van der Waals surface area contributed by atoms with Gasteiger partial charge in [-0.1, -0.05) is 6.07 Å². The molecule has 0 aliphatic carbocycles. The van der Waals surface area contributed by atoms with Crippen molar-refractivity contribution in [3.63, 3.8) is 0 Å². The molecule has 0 radical (unpaired) electrons.